The van der Waals surface area contributed by atoms with Gasteiger partial charge in [0.05, 0.1) is 5.69 Å². The third-order valence-electron chi connectivity index (χ3n) is 2.78. The summed E-state index contributed by atoms with van der Waals surface area (Å²) in [6, 6.07) is 15.5. The van der Waals surface area contributed by atoms with E-state index in [9.17, 15) is 4.79 Å². The average Bonchev–Trinajstić information content (AvgIpc) is 2.49. The number of rotatable bonds is 5. The average molecular weight is 303 g/mol. The van der Waals surface area contributed by atoms with E-state index in [0.29, 0.717) is 5.56 Å². The van der Waals surface area contributed by atoms with E-state index in [1.54, 1.807) is 23.5 Å². The van der Waals surface area contributed by atoms with Crippen LogP contribution in [0.1, 0.15) is 17.3 Å². The van der Waals surface area contributed by atoms with Gasteiger partial charge < -0.3 is 5.32 Å². The molecule has 0 aromatic heterocycles. The first-order valence-electron chi connectivity index (χ1n) is 6.42. The molecule has 20 heavy (non-hydrogen) atoms. The molecule has 0 spiro atoms. The fourth-order valence-corrected chi connectivity index (χ4v) is 3.03. The highest BCUT2D eigenvalue weighted by Crippen LogP contribution is 2.25. The van der Waals surface area contributed by atoms with Crippen LogP contribution >= 0.6 is 23.5 Å². The van der Waals surface area contributed by atoms with Gasteiger partial charge in [0.2, 0.25) is 0 Å². The molecule has 0 heterocycles. The zero-order chi connectivity index (χ0) is 14.4. The lowest BCUT2D eigenvalue weighted by Gasteiger charge is -2.09. The molecule has 0 atom stereocenters. The molecule has 104 valence electrons. The Morgan fingerprint density at radius 1 is 1.10 bits per heavy atom. The normalized spacial score (nSPS) is 10.3. The van der Waals surface area contributed by atoms with Gasteiger partial charge in [-0.1, -0.05) is 19.1 Å². The van der Waals surface area contributed by atoms with Crippen molar-refractivity contribution in [3.63, 3.8) is 0 Å². The van der Waals surface area contributed by atoms with E-state index in [1.165, 1.54) is 4.90 Å². The van der Waals surface area contributed by atoms with Crippen molar-refractivity contribution in [2.75, 3.05) is 17.3 Å². The summed E-state index contributed by atoms with van der Waals surface area (Å²) in [6.45, 7) is 2.12. The van der Waals surface area contributed by atoms with Gasteiger partial charge in [-0.2, -0.15) is 0 Å². The fourth-order valence-electron chi connectivity index (χ4n) is 1.81. The lowest BCUT2D eigenvalue weighted by atomic mass is 10.2. The highest BCUT2D eigenvalue weighted by molar-refractivity contribution is 7.99. The van der Waals surface area contributed by atoms with Crippen molar-refractivity contribution in [3.05, 3.63) is 54.1 Å². The van der Waals surface area contributed by atoms with E-state index in [0.717, 1.165) is 16.3 Å². The molecular weight excluding hydrogens is 286 g/mol. The molecule has 2 aromatic carbocycles. The van der Waals surface area contributed by atoms with Crippen LogP contribution in [0, 0.1) is 0 Å². The molecule has 4 heteroatoms. The second-order valence-electron chi connectivity index (χ2n) is 4.11. The fraction of sp³-hybridized carbons (Fsp3) is 0.188. The summed E-state index contributed by atoms with van der Waals surface area (Å²) in [5, 5.41) is 2.96. The van der Waals surface area contributed by atoms with Crippen LogP contribution in [0.5, 0.6) is 0 Å². The third kappa shape index (κ3) is 3.81. The molecule has 1 amide bonds. The molecular formula is C16H17NOS2. The van der Waals surface area contributed by atoms with Crippen LogP contribution in [-0.4, -0.2) is 17.9 Å². The molecule has 2 rings (SSSR count). The Labute approximate surface area is 128 Å². The van der Waals surface area contributed by atoms with E-state index in [1.807, 2.05) is 54.8 Å². The zero-order valence-corrected chi connectivity index (χ0v) is 13.2. The number of benzene rings is 2. The predicted octanol–water partition coefficient (Wildman–Crippen LogP) is 4.77. The Balaban J connectivity index is 2.11. The Kier molecular flexibility index (Phi) is 5.56. The number of para-hydroxylation sites is 1. The smallest absolute Gasteiger partial charge is 0.255 e. The highest BCUT2D eigenvalue weighted by atomic mass is 32.2. The van der Waals surface area contributed by atoms with E-state index in [2.05, 4.69) is 12.2 Å². The largest absolute Gasteiger partial charge is 0.321 e. The van der Waals surface area contributed by atoms with Gasteiger partial charge in [-0.15, -0.1) is 23.5 Å². The summed E-state index contributed by atoms with van der Waals surface area (Å²) in [5.41, 5.74) is 1.54. The van der Waals surface area contributed by atoms with Gasteiger partial charge in [-0.05, 0) is 48.4 Å². The number of thioether (sulfide) groups is 2. The Hall–Kier alpha value is -1.39. The lowest BCUT2D eigenvalue weighted by molar-refractivity contribution is 0.102. The molecule has 1 N–H and O–H groups in total. The van der Waals surface area contributed by atoms with Crippen LogP contribution in [0.25, 0.3) is 0 Å². The van der Waals surface area contributed by atoms with Crippen LogP contribution in [-0.2, 0) is 0 Å². The van der Waals surface area contributed by atoms with Gasteiger partial charge in [0.1, 0.15) is 0 Å². The minimum atomic E-state index is -0.0699. The Morgan fingerprint density at radius 2 is 1.80 bits per heavy atom. The number of carbonyl (C=O) groups excluding carboxylic acids is 1. The van der Waals surface area contributed by atoms with Crippen LogP contribution in [0.4, 0.5) is 5.69 Å². The summed E-state index contributed by atoms with van der Waals surface area (Å²) in [4.78, 5) is 14.5. The predicted molar refractivity (Wildman–Crippen MR) is 89.0 cm³/mol. The summed E-state index contributed by atoms with van der Waals surface area (Å²) >= 11 is 3.39. The Morgan fingerprint density at radius 3 is 2.45 bits per heavy atom. The second-order valence-corrected chi connectivity index (χ2v) is 6.30. The van der Waals surface area contributed by atoms with Gasteiger partial charge in [0.25, 0.3) is 5.91 Å². The van der Waals surface area contributed by atoms with E-state index >= 15 is 0 Å². The number of nitrogens with one attached hydrogen (secondary N) is 1. The maximum atomic E-state index is 12.2. The van der Waals surface area contributed by atoms with Gasteiger partial charge >= 0.3 is 0 Å². The number of amides is 1. The van der Waals surface area contributed by atoms with Crippen molar-refractivity contribution in [1.29, 1.82) is 0 Å². The molecule has 0 aliphatic heterocycles. The second kappa shape index (κ2) is 7.41. The molecule has 0 bridgehead atoms. The molecule has 0 saturated heterocycles. The number of anilines is 1. The molecule has 2 nitrogen and oxygen atoms in total. The van der Waals surface area contributed by atoms with Crippen molar-refractivity contribution in [2.45, 2.75) is 16.7 Å². The topological polar surface area (TPSA) is 29.1 Å². The van der Waals surface area contributed by atoms with E-state index < -0.39 is 0 Å². The standard InChI is InChI=1S/C16H17NOS2/c1-3-20-13-10-8-12(9-11-13)16(18)17-14-6-4-5-7-15(14)19-2/h4-11H,3H2,1-2H3,(H,17,18). The number of hydrogen-bond donors (Lipinski definition) is 1. The quantitative estimate of drug-likeness (QED) is 0.806. The molecule has 0 unspecified atom stereocenters. The van der Waals surface area contributed by atoms with Crippen LogP contribution in [0.15, 0.2) is 58.3 Å². The monoisotopic (exact) mass is 303 g/mol. The Bertz CT molecular complexity index is 581. The van der Waals surface area contributed by atoms with Crippen molar-refractivity contribution in [2.24, 2.45) is 0 Å². The number of carbonyl (C=O) groups is 1. The first kappa shape index (κ1) is 15.0. The minimum absolute atomic E-state index is 0.0699. The maximum Gasteiger partial charge on any atom is 0.255 e. The van der Waals surface area contributed by atoms with Crippen molar-refractivity contribution >= 4 is 35.1 Å². The third-order valence-corrected chi connectivity index (χ3v) is 4.47. The summed E-state index contributed by atoms with van der Waals surface area (Å²) < 4.78 is 0. The molecule has 0 radical (unpaired) electrons. The van der Waals surface area contributed by atoms with E-state index in [-0.39, 0.29) is 5.91 Å². The van der Waals surface area contributed by atoms with Gasteiger partial charge in [0.15, 0.2) is 0 Å². The van der Waals surface area contributed by atoms with Crippen LogP contribution in [0.3, 0.4) is 0 Å². The zero-order valence-electron chi connectivity index (χ0n) is 11.6. The summed E-state index contributed by atoms with van der Waals surface area (Å²) in [7, 11) is 0. The van der Waals surface area contributed by atoms with Gasteiger partial charge in [-0.3, -0.25) is 4.79 Å². The van der Waals surface area contributed by atoms with Crippen LogP contribution in [0.2, 0.25) is 0 Å². The molecule has 0 fully saturated rings. The molecule has 0 aliphatic rings. The summed E-state index contributed by atoms with van der Waals surface area (Å²) in [6.07, 6.45) is 2.00. The minimum Gasteiger partial charge on any atom is -0.321 e. The lowest BCUT2D eigenvalue weighted by Crippen LogP contribution is -2.12. The first-order chi connectivity index (χ1) is 9.74. The summed E-state index contributed by atoms with van der Waals surface area (Å²) in [5.74, 6) is 0.965. The molecule has 2 aromatic rings. The number of hydrogen-bond acceptors (Lipinski definition) is 3. The van der Waals surface area contributed by atoms with Gasteiger partial charge in [0, 0.05) is 15.4 Å². The first-order valence-corrected chi connectivity index (χ1v) is 8.63. The SMILES string of the molecule is CCSc1ccc(C(=O)Nc2ccccc2SC)cc1. The molecule has 0 saturated carbocycles. The van der Waals surface area contributed by atoms with Crippen molar-refractivity contribution in [3.8, 4) is 0 Å². The maximum absolute atomic E-state index is 12.2. The van der Waals surface area contributed by atoms with Crippen LogP contribution < -0.4 is 5.32 Å². The van der Waals surface area contributed by atoms with E-state index in [4.69, 9.17) is 0 Å². The van der Waals surface area contributed by atoms with Crippen molar-refractivity contribution in [1.82, 2.24) is 0 Å². The van der Waals surface area contributed by atoms with Crippen molar-refractivity contribution < 1.29 is 4.79 Å². The molecule has 0 aliphatic carbocycles. The highest BCUT2D eigenvalue weighted by Gasteiger charge is 2.08. The van der Waals surface area contributed by atoms with Gasteiger partial charge in [-0.25, -0.2) is 0 Å².